The number of methoxy groups -OCH3 is 1. The van der Waals surface area contributed by atoms with Crippen molar-refractivity contribution in [1.29, 1.82) is 0 Å². The highest BCUT2D eigenvalue weighted by Gasteiger charge is 2.29. The van der Waals surface area contributed by atoms with Gasteiger partial charge in [0.1, 0.15) is 5.82 Å². The highest BCUT2D eigenvalue weighted by Crippen LogP contribution is 2.42. The number of hydrogen-bond donors (Lipinski definition) is 2. The summed E-state index contributed by atoms with van der Waals surface area (Å²) in [4.78, 5) is 2.27. The van der Waals surface area contributed by atoms with Crippen LogP contribution in [0.1, 0.15) is 17.2 Å². The molecule has 0 amide bonds. The van der Waals surface area contributed by atoms with E-state index in [0.29, 0.717) is 17.4 Å². The Hall–Kier alpha value is -2.35. The van der Waals surface area contributed by atoms with Crippen LogP contribution in [0.5, 0.6) is 17.2 Å². The summed E-state index contributed by atoms with van der Waals surface area (Å²) in [6.07, 6.45) is 0. The maximum Gasteiger partial charge on any atom is 0.231 e. The van der Waals surface area contributed by atoms with Crippen LogP contribution in [0, 0.1) is 11.7 Å². The monoisotopic (exact) mass is 373 g/mol. The Morgan fingerprint density at radius 2 is 2.04 bits per heavy atom. The van der Waals surface area contributed by atoms with Gasteiger partial charge in [-0.3, -0.25) is 5.43 Å². The fraction of sp³-hybridized carbons (Fsp3) is 0.400. The number of hydrazine groups is 1. The number of hydrogen-bond acceptors (Lipinski definition) is 6. The maximum absolute atomic E-state index is 13.2. The van der Waals surface area contributed by atoms with Crippen molar-refractivity contribution in [3.8, 4) is 17.2 Å². The van der Waals surface area contributed by atoms with Gasteiger partial charge in [0.25, 0.3) is 0 Å². The summed E-state index contributed by atoms with van der Waals surface area (Å²) < 4.78 is 29.6. The standard InChI is InChI=1S/C20H24FN3O3/c1-24(10-13-7-17(25-2)20-18(8-13)26-12-27-20)11-15-9-22-23-19(15)14-3-5-16(21)6-4-14/h3-8,15,19,22-23H,9-12H2,1-2H3. The smallest absolute Gasteiger partial charge is 0.231 e. The molecule has 2 atom stereocenters. The summed E-state index contributed by atoms with van der Waals surface area (Å²) in [5, 5.41) is 0. The Morgan fingerprint density at radius 1 is 1.22 bits per heavy atom. The summed E-state index contributed by atoms with van der Waals surface area (Å²) in [7, 11) is 3.73. The van der Waals surface area contributed by atoms with E-state index in [4.69, 9.17) is 14.2 Å². The van der Waals surface area contributed by atoms with E-state index in [1.165, 1.54) is 12.1 Å². The minimum absolute atomic E-state index is 0.152. The van der Waals surface area contributed by atoms with Crippen molar-refractivity contribution in [2.75, 3.05) is 34.0 Å². The van der Waals surface area contributed by atoms with Crippen molar-refractivity contribution < 1.29 is 18.6 Å². The average Bonchev–Trinajstić information content (AvgIpc) is 3.31. The van der Waals surface area contributed by atoms with Crippen LogP contribution in [-0.4, -0.2) is 38.9 Å². The highest BCUT2D eigenvalue weighted by atomic mass is 19.1. The van der Waals surface area contributed by atoms with Gasteiger partial charge in [0.2, 0.25) is 12.5 Å². The molecule has 7 heteroatoms. The van der Waals surface area contributed by atoms with Crippen LogP contribution in [0.4, 0.5) is 4.39 Å². The molecule has 2 aliphatic rings. The topological polar surface area (TPSA) is 55.0 Å². The second-order valence-corrected chi connectivity index (χ2v) is 7.04. The van der Waals surface area contributed by atoms with Gasteiger partial charge in [-0.25, -0.2) is 9.82 Å². The van der Waals surface area contributed by atoms with Gasteiger partial charge in [0.15, 0.2) is 11.5 Å². The normalized spacial score (nSPS) is 21.0. The lowest BCUT2D eigenvalue weighted by Gasteiger charge is -2.25. The number of nitrogens with zero attached hydrogens (tertiary/aromatic N) is 1. The fourth-order valence-electron chi connectivity index (χ4n) is 3.78. The summed E-state index contributed by atoms with van der Waals surface area (Å²) in [5.74, 6) is 2.25. The largest absolute Gasteiger partial charge is 0.493 e. The Labute approximate surface area is 158 Å². The molecule has 0 aliphatic carbocycles. The molecule has 2 aromatic carbocycles. The molecule has 2 unspecified atom stereocenters. The Kier molecular flexibility index (Phi) is 5.15. The molecule has 1 fully saturated rings. The first-order chi connectivity index (χ1) is 13.1. The lowest BCUT2D eigenvalue weighted by Crippen LogP contribution is -2.30. The molecule has 27 heavy (non-hydrogen) atoms. The van der Waals surface area contributed by atoms with Gasteiger partial charge in [0, 0.05) is 25.6 Å². The molecule has 2 heterocycles. The van der Waals surface area contributed by atoms with E-state index in [1.54, 1.807) is 7.11 Å². The molecule has 0 bridgehead atoms. The minimum Gasteiger partial charge on any atom is -0.493 e. The first kappa shape index (κ1) is 18.0. The van der Waals surface area contributed by atoms with Gasteiger partial charge in [0.05, 0.1) is 13.2 Å². The van der Waals surface area contributed by atoms with Crippen LogP contribution in [0.3, 0.4) is 0 Å². The molecule has 0 radical (unpaired) electrons. The van der Waals surface area contributed by atoms with Gasteiger partial charge < -0.3 is 19.1 Å². The number of ether oxygens (including phenoxy) is 3. The minimum atomic E-state index is -0.213. The Morgan fingerprint density at radius 3 is 2.81 bits per heavy atom. The van der Waals surface area contributed by atoms with Crippen LogP contribution in [0.15, 0.2) is 36.4 Å². The molecular weight excluding hydrogens is 349 g/mol. The van der Waals surface area contributed by atoms with E-state index >= 15 is 0 Å². The molecular formula is C20H24FN3O3. The van der Waals surface area contributed by atoms with E-state index in [-0.39, 0.29) is 18.7 Å². The first-order valence-corrected chi connectivity index (χ1v) is 9.03. The highest BCUT2D eigenvalue weighted by molar-refractivity contribution is 5.55. The zero-order valence-electron chi connectivity index (χ0n) is 15.5. The van der Waals surface area contributed by atoms with Crippen molar-refractivity contribution in [2.24, 2.45) is 5.92 Å². The quantitative estimate of drug-likeness (QED) is 0.811. The lowest BCUT2D eigenvalue weighted by atomic mass is 9.94. The van der Waals surface area contributed by atoms with Gasteiger partial charge >= 0.3 is 0 Å². The molecule has 2 aromatic rings. The zero-order valence-corrected chi connectivity index (χ0v) is 15.5. The summed E-state index contributed by atoms with van der Waals surface area (Å²) in [6.45, 7) is 2.74. The van der Waals surface area contributed by atoms with Gasteiger partial charge in [-0.1, -0.05) is 12.1 Å². The van der Waals surface area contributed by atoms with Crippen molar-refractivity contribution >= 4 is 0 Å². The first-order valence-electron chi connectivity index (χ1n) is 9.03. The molecule has 6 nitrogen and oxygen atoms in total. The van der Waals surface area contributed by atoms with E-state index < -0.39 is 0 Å². The van der Waals surface area contributed by atoms with Crippen LogP contribution >= 0.6 is 0 Å². The molecule has 2 aliphatic heterocycles. The van der Waals surface area contributed by atoms with Gasteiger partial charge in [-0.2, -0.15) is 0 Å². The van der Waals surface area contributed by atoms with Crippen LogP contribution in [-0.2, 0) is 6.54 Å². The summed E-state index contributed by atoms with van der Waals surface area (Å²) >= 11 is 0. The predicted octanol–water partition coefficient (Wildman–Crippen LogP) is 2.46. The number of halogens is 1. The van der Waals surface area contributed by atoms with E-state index in [9.17, 15) is 4.39 Å². The van der Waals surface area contributed by atoms with Crippen molar-refractivity contribution in [1.82, 2.24) is 15.8 Å². The van der Waals surface area contributed by atoms with E-state index in [2.05, 4.69) is 22.8 Å². The predicted molar refractivity (Wildman–Crippen MR) is 99.2 cm³/mol. The molecule has 0 aromatic heterocycles. The summed E-state index contributed by atoms with van der Waals surface area (Å²) in [6, 6.07) is 10.9. The third-order valence-corrected chi connectivity index (χ3v) is 5.04. The fourth-order valence-corrected chi connectivity index (χ4v) is 3.78. The summed E-state index contributed by atoms with van der Waals surface area (Å²) in [5.41, 5.74) is 8.73. The Bertz CT molecular complexity index is 800. The van der Waals surface area contributed by atoms with Crippen molar-refractivity contribution in [2.45, 2.75) is 12.6 Å². The Balaban J connectivity index is 1.43. The SMILES string of the molecule is COc1cc(CN(C)CC2CNNC2c2ccc(F)cc2)cc2c1OCO2. The molecule has 0 saturated carbocycles. The molecule has 144 valence electrons. The molecule has 0 spiro atoms. The molecule has 1 saturated heterocycles. The number of nitrogens with one attached hydrogen (secondary N) is 2. The third-order valence-electron chi connectivity index (χ3n) is 5.04. The molecule has 2 N–H and O–H groups in total. The number of rotatable bonds is 6. The lowest BCUT2D eigenvalue weighted by molar-refractivity contribution is 0.171. The second kappa shape index (κ2) is 7.72. The average molecular weight is 373 g/mol. The maximum atomic E-state index is 13.2. The second-order valence-electron chi connectivity index (χ2n) is 7.04. The van der Waals surface area contributed by atoms with Crippen LogP contribution in [0.25, 0.3) is 0 Å². The molecule has 4 rings (SSSR count). The zero-order chi connectivity index (χ0) is 18.8. The van der Waals surface area contributed by atoms with Crippen molar-refractivity contribution in [3.63, 3.8) is 0 Å². The van der Waals surface area contributed by atoms with Crippen LogP contribution in [0.2, 0.25) is 0 Å². The van der Waals surface area contributed by atoms with E-state index in [1.807, 2.05) is 24.3 Å². The third kappa shape index (κ3) is 3.85. The number of fused-ring (bicyclic) bond motifs is 1. The van der Waals surface area contributed by atoms with Crippen molar-refractivity contribution in [3.05, 3.63) is 53.3 Å². The van der Waals surface area contributed by atoms with E-state index in [0.717, 1.165) is 36.5 Å². The van der Waals surface area contributed by atoms with Gasteiger partial charge in [-0.15, -0.1) is 0 Å². The van der Waals surface area contributed by atoms with Crippen LogP contribution < -0.4 is 25.1 Å². The van der Waals surface area contributed by atoms with Gasteiger partial charge in [-0.05, 0) is 42.4 Å². The number of benzene rings is 2.